The molecule has 1 aromatic carbocycles. The van der Waals surface area contributed by atoms with Gasteiger partial charge in [-0.25, -0.2) is 0 Å². The van der Waals surface area contributed by atoms with Gasteiger partial charge in [-0.15, -0.1) is 6.42 Å². The number of rotatable bonds is 2. The molecular weight excluding hydrogens is 136 g/mol. The maximum atomic E-state index is 5.11. The smallest absolute Gasteiger partial charge is 0.119 e. The molecular formula is C10H9O. The second-order valence-electron chi connectivity index (χ2n) is 2.09. The summed E-state index contributed by atoms with van der Waals surface area (Å²) in [7, 11) is 1.63. The van der Waals surface area contributed by atoms with Gasteiger partial charge in [-0.1, -0.05) is 18.1 Å². The summed E-state index contributed by atoms with van der Waals surface area (Å²) in [5.41, 5.74) is 0.992. The highest BCUT2D eigenvalue weighted by atomic mass is 16.5. The van der Waals surface area contributed by atoms with Gasteiger partial charge < -0.3 is 4.74 Å². The molecule has 0 fully saturated rings. The lowest BCUT2D eigenvalue weighted by molar-refractivity contribution is 0.414. The summed E-state index contributed by atoms with van der Waals surface area (Å²) in [6, 6.07) is 7.61. The average molecular weight is 145 g/mol. The molecule has 0 spiro atoms. The fourth-order valence-corrected chi connectivity index (χ4v) is 0.828. The monoisotopic (exact) mass is 145 g/mol. The van der Waals surface area contributed by atoms with Crippen LogP contribution in [0.25, 0.3) is 0 Å². The summed E-state index contributed by atoms with van der Waals surface area (Å²) in [5.74, 6) is 3.28. The Balaban J connectivity index is 2.84. The van der Waals surface area contributed by atoms with Gasteiger partial charge in [-0.2, -0.15) is 0 Å². The Morgan fingerprint density at radius 1 is 1.55 bits per heavy atom. The Labute approximate surface area is 67.0 Å². The van der Waals surface area contributed by atoms with Gasteiger partial charge in [-0.05, 0) is 17.7 Å². The van der Waals surface area contributed by atoms with Gasteiger partial charge in [0.05, 0.1) is 13.5 Å². The van der Waals surface area contributed by atoms with Crippen LogP contribution in [0.15, 0.2) is 24.3 Å². The van der Waals surface area contributed by atoms with E-state index in [4.69, 9.17) is 11.2 Å². The first kappa shape index (κ1) is 7.68. The Morgan fingerprint density at radius 2 is 2.36 bits per heavy atom. The Morgan fingerprint density at radius 3 is 3.00 bits per heavy atom. The van der Waals surface area contributed by atoms with Crippen LogP contribution in [-0.4, -0.2) is 7.11 Å². The Hall–Kier alpha value is -1.42. The van der Waals surface area contributed by atoms with Gasteiger partial charge in [0, 0.05) is 0 Å². The minimum absolute atomic E-state index is 0.828. The van der Waals surface area contributed by atoms with Crippen LogP contribution in [0.1, 0.15) is 5.56 Å². The van der Waals surface area contributed by atoms with Crippen molar-refractivity contribution in [3.05, 3.63) is 36.2 Å². The quantitative estimate of drug-likeness (QED) is 0.577. The molecule has 0 N–H and O–H groups in total. The van der Waals surface area contributed by atoms with Crippen molar-refractivity contribution in [1.82, 2.24) is 0 Å². The molecule has 1 heteroatoms. The Bertz CT molecular complexity index is 270. The number of ether oxygens (including phenoxy) is 1. The highest BCUT2D eigenvalue weighted by Gasteiger charge is 1.92. The van der Waals surface area contributed by atoms with E-state index in [1.165, 1.54) is 0 Å². The van der Waals surface area contributed by atoms with Crippen LogP contribution in [-0.2, 0) is 0 Å². The minimum Gasteiger partial charge on any atom is -0.497 e. The molecule has 0 saturated heterocycles. The third kappa shape index (κ3) is 2.01. The summed E-state index contributed by atoms with van der Waals surface area (Å²) in [5, 5.41) is 0. The molecule has 0 saturated carbocycles. The van der Waals surface area contributed by atoms with Gasteiger partial charge in [-0.3, -0.25) is 0 Å². The summed E-state index contributed by atoms with van der Waals surface area (Å²) in [6.07, 6.45) is 6.80. The van der Waals surface area contributed by atoms with Crippen molar-refractivity contribution >= 4 is 0 Å². The molecule has 0 heterocycles. The van der Waals surface area contributed by atoms with E-state index >= 15 is 0 Å². The van der Waals surface area contributed by atoms with Crippen LogP contribution in [0.2, 0.25) is 0 Å². The first-order chi connectivity index (χ1) is 5.36. The predicted molar refractivity (Wildman–Crippen MR) is 45.2 cm³/mol. The SMILES string of the molecule is C#C[CH]c1cccc(OC)c1. The molecule has 0 aliphatic carbocycles. The average Bonchev–Trinajstić information content (AvgIpc) is 2.06. The van der Waals surface area contributed by atoms with Crippen molar-refractivity contribution in [1.29, 1.82) is 0 Å². The molecule has 0 atom stereocenters. The number of hydrogen-bond donors (Lipinski definition) is 0. The van der Waals surface area contributed by atoms with E-state index < -0.39 is 0 Å². The van der Waals surface area contributed by atoms with Gasteiger partial charge in [0.25, 0.3) is 0 Å². The predicted octanol–water partition coefficient (Wildman–Crippen LogP) is 1.88. The van der Waals surface area contributed by atoms with E-state index in [2.05, 4.69) is 5.92 Å². The number of hydrogen-bond acceptors (Lipinski definition) is 1. The highest BCUT2D eigenvalue weighted by Crippen LogP contribution is 2.12. The molecule has 1 radical (unpaired) electrons. The summed E-state index contributed by atoms with van der Waals surface area (Å²) >= 11 is 0. The zero-order chi connectivity index (χ0) is 8.10. The fraction of sp³-hybridized carbons (Fsp3) is 0.100. The van der Waals surface area contributed by atoms with E-state index in [1.54, 1.807) is 13.5 Å². The molecule has 0 aliphatic rings. The van der Waals surface area contributed by atoms with Crippen LogP contribution in [0.3, 0.4) is 0 Å². The van der Waals surface area contributed by atoms with Crippen LogP contribution < -0.4 is 4.74 Å². The maximum absolute atomic E-state index is 5.11. The zero-order valence-electron chi connectivity index (χ0n) is 6.37. The maximum Gasteiger partial charge on any atom is 0.119 e. The van der Waals surface area contributed by atoms with Gasteiger partial charge in [0.1, 0.15) is 5.75 Å². The molecule has 0 bridgehead atoms. The van der Waals surface area contributed by atoms with Crippen molar-refractivity contribution in [3.8, 4) is 18.1 Å². The molecule has 0 aromatic heterocycles. The Kier molecular flexibility index (Phi) is 2.57. The fourth-order valence-electron chi connectivity index (χ4n) is 0.828. The van der Waals surface area contributed by atoms with E-state index in [9.17, 15) is 0 Å². The molecule has 0 unspecified atom stereocenters. The van der Waals surface area contributed by atoms with Crippen LogP contribution in [0.4, 0.5) is 0 Å². The molecule has 1 nitrogen and oxygen atoms in total. The van der Waals surface area contributed by atoms with Gasteiger partial charge in [0.15, 0.2) is 0 Å². The lowest BCUT2D eigenvalue weighted by Gasteiger charge is -1.99. The molecule has 0 aliphatic heterocycles. The van der Waals surface area contributed by atoms with Crippen molar-refractivity contribution in [2.24, 2.45) is 0 Å². The van der Waals surface area contributed by atoms with Crippen molar-refractivity contribution in [2.75, 3.05) is 7.11 Å². The van der Waals surface area contributed by atoms with Gasteiger partial charge in [0.2, 0.25) is 0 Å². The number of terminal acetylenes is 1. The van der Waals surface area contributed by atoms with E-state index in [1.807, 2.05) is 24.3 Å². The second-order valence-corrected chi connectivity index (χ2v) is 2.09. The lowest BCUT2D eigenvalue weighted by atomic mass is 10.1. The lowest BCUT2D eigenvalue weighted by Crippen LogP contribution is -1.83. The van der Waals surface area contributed by atoms with Gasteiger partial charge >= 0.3 is 0 Å². The summed E-state index contributed by atoms with van der Waals surface area (Å²) < 4.78 is 5.01. The van der Waals surface area contributed by atoms with Crippen LogP contribution in [0.5, 0.6) is 5.75 Å². The normalized spacial score (nSPS) is 8.73. The minimum atomic E-state index is 0.828. The standard InChI is InChI=1S/C10H9O/c1-3-5-9-6-4-7-10(8-9)11-2/h1,4-8H,2H3. The zero-order valence-corrected chi connectivity index (χ0v) is 6.37. The topological polar surface area (TPSA) is 9.23 Å². The van der Waals surface area contributed by atoms with Crippen molar-refractivity contribution in [3.63, 3.8) is 0 Å². The van der Waals surface area contributed by atoms with E-state index in [0.717, 1.165) is 11.3 Å². The first-order valence-electron chi connectivity index (χ1n) is 3.30. The van der Waals surface area contributed by atoms with Crippen LogP contribution >= 0.6 is 0 Å². The largest absolute Gasteiger partial charge is 0.497 e. The third-order valence-corrected chi connectivity index (χ3v) is 1.34. The highest BCUT2D eigenvalue weighted by molar-refractivity contribution is 5.37. The molecule has 55 valence electrons. The summed E-state index contributed by atoms with van der Waals surface area (Å²) in [4.78, 5) is 0. The molecule has 1 rings (SSSR count). The van der Waals surface area contributed by atoms with Crippen molar-refractivity contribution in [2.45, 2.75) is 0 Å². The van der Waals surface area contributed by atoms with E-state index in [0.29, 0.717) is 0 Å². The summed E-state index contributed by atoms with van der Waals surface area (Å²) in [6.45, 7) is 0. The van der Waals surface area contributed by atoms with Crippen LogP contribution in [0, 0.1) is 18.8 Å². The molecule has 1 aromatic rings. The number of benzene rings is 1. The number of methoxy groups -OCH3 is 1. The van der Waals surface area contributed by atoms with Crippen molar-refractivity contribution < 1.29 is 4.74 Å². The molecule has 11 heavy (non-hydrogen) atoms. The first-order valence-corrected chi connectivity index (χ1v) is 3.30. The third-order valence-electron chi connectivity index (χ3n) is 1.34. The second kappa shape index (κ2) is 3.68. The van der Waals surface area contributed by atoms with E-state index in [-0.39, 0.29) is 0 Å². The molecule has 0 amide bonds.